The van der Waals surface area contributed by atoms with E-state index in [0.29, 0.717) is 13.1 Å². The molecule has 1 N–H and O–H groups in total. The first kappa shape index (κ1) is 17.9. The van der Waals surface area contributed by atoms with Crippen LogP contribution in [0.15, 0.2) is 48.5 Å². The van der Waals surface area contributed by atoms with Crippen molar-refractivity contribution < 1.29 is 14.6 Å². The van der Waals surface area contributed by atoms with Gasteiger partial charge < -0.3 is 19.5 Å². The van der Waals surface area contributed by atoms with Crippen LogP contribution < -0.4 is 14.4 Å². The van der Waals surface area contributed by atoms with Crippen LogP contribution in [0.25, 0.3) is 15.8 Å². The molecule has 0 amide bonds. The summed E-state index contributed by atoms with van der Waals surface area (Å²) in [5.41, 5.74) is 2.02. The van der Waals surface area contributed by atoms with Gasteiger partial charge in [0.2, 0.25) is 0 Å². The van der Waals surface area contributed by atoms with Gasteiger partial charge in [-0.2, -0.15) is 0 Å². The zero-order chi connectivity index (χ0) is 19.0. The minimum atomic E-state index is -0.413. The number of anilines is 1. The SMILES string of the molecule is COc1ccc2c(c1)N(CC(C)O)CC=C2Oc1ccc2cc(C)sc2c1. The molecule has 2 aromatic carbocycles. The molecule has 1 aromatic heterocycles. The zero-order valence-corrected chi connectivity index (χ0v) is 16.5. The molecule has 0 bridgehead atoms. The second-order valence-corrected chi connectivity index (χ2v) is 8.15. The van der Waals surface area contributed by atoms with Crippen LogP contribution in [-0.4, -0.2) is 31.4 Å². The lowest BCUT2D eigenvalue weighted by molar-refractivity contribution is 0.200. The van der Waals surface area contributed by atoms with Crippen LogP contribution >= 0.6 is 11.3 Å². The van der Waals surface area contributed by atoms with Crippen LogP contribution in [0.2, 0.25) is 0 Å². The quantitative estimate of drug-likeness (QED) is 0.687. The molecule has 140 valence electrons. The molecule has 1 aliphatic rings. The monoisotopic (exact) mass is 381 g/mol. The van der Waals surface area contributed by atoms with Crippen LogP contribution in [-0.2, 0) is 0 Å². The summed E-state index contributed by atoms with van der Waals surface area (Å²) in [5.74, 6) is 2.46. The lowest BCUT2D eigenvalue weighted by atomic mass is 10.0. The molecule has 2 heterocycles. The van der Waals surface area contributed by atoms with Crippen molar-refractivity contribution >= 4 is 32.9 Å². The summed E-state index contributed by atoms with van der Waals surface area (Å²) in [6.45, 7) is 5.16. The number of aliphatic hydroxyl groups is 1. The van der Waals surface area contributed by atoms with Gasteiger partial charge in [0, 0.05) is 34.3 Å². The largest absolute Gasteiger partial charge is 0.497 e. The molecule has 0 radical (unpaired) electrons. The van der Waals surface area contributed by atoms with E-state index in [0.717, 1.165) is 28.5 Å². The molecule has 3 aromatic rings. The predicted octanol–water partition coefficient (Wildman–Crippen LogP) is 4.84. The molecule has 5 heteroatoms. The van der Waals surface area contributed by atoms with Gasteiger partial charge in [0.1, 0.15) is 17.3 Å². The molecule has 0 spiro atoms. The van der Waals surface area contributed by atoms with Crippen molar-refractivity contribution in [3.8, 4) is 11.5 Å². The molecule has 0 fully saturated rings. The van der Waals surface area contributed by atoms with Gasteiger partial charge in [-0.1, -0.05) is 0 Å². The number of thiophene rings is 1. The van der Waals surface area contributed by atoms with E-state index < -0.39 is 6.10 Å². The number of rotatable bonds is 5. The number of fused-ring (bicyclic) bond motifs is 2. The third-order valence-corrected chi connectivity index (χ3v) is 5.65. The highest BCUT2D eigenvalue weighted by molar-refractivity contribution is 7.19. The van der Waals surface area contributed by atoms with Crippen molar-refractivity contribution in [2.45, 2.75) is 20.0 Å². The maximum absolute atomic E-state index is 9.84. The Bertz CT molecular complexity index is 1010. The zero-order valence-electron chi connectivity index (χ0n) is 15.7. The van der Waals surface area contributed by atoms with E-state index in [1.54, 1.807) is 25.4 Å². The number of ether oxygens (including phenoxy) is 2. The standard InChI is InChI=1S/C22H23NO3S/c1-14(24)13-23-9-8-21(19-7-6-17(25-3)11-20(19)23)26-18-5-4-16-10-15(2)27-22(16)12-18/h4-8,10-12,14,24H,9,13H2,1-3H3. The summed E-state index contributed by atoms with van der Waals surface area (Å²) in [6, 6.07) is 14.4. The maximum Gasteiger partial charge on any atom is 0.134 e. The fourth-order valence-electron chi connectivity index (χ4n) is 3.43. The van der Waals surface area contributed by atoms with Crippen molar-refractivity contribution in [2.24, 2.45) is 0 Å². The van der Waals surface area contributed by atoms with Gasteiger partial charge in [-0.3, -0.25) is 0 Å². The highest BCUT2D eigenvalue weighted by Crippen LogP contribution is 2.37. The normalized spacial score (nSPS) is 14.7. The van der Waals surface area contributed by atoms with Gasteiger partial charge >= 0.3 is 0 Å². The van der Waals surface area contributed by atoms with Gasteiger partial charge in [0.15, 0.2) is 0 Å². The van der Waals surface area contributed by atoms with E-state index in [9.17, 15) is 5.11 Å². The Labute approximate surface area is 163 Å². The number of hydrogen-bond acceptors (Lipinski definition) is 5. The Hall–Kier alpha value is -2.50. The van der Waals surface area contributed by atoms with E-state index in [4.69, 9.17) is 9.47 Å². The molecule has 0 saturated carbocycles. The first-order valence-electron chi connectivity index (χ1n) is 9.03. The van der Waals surface area contributed by atoms with Gasteiger partial charge in [0.05, 0.1) is 18.9 Å². The Morgan fingerprint density at radius 3 is 2.74 bits per heavy atom. The van der Waals surface area contributed by atoms with E-state index >= 15 is 0 Å². The fraction of sp³-hybridized carbons (Fsp3) is 0.273. The summed E-state index contributed by atoms with van der Waals surface area (Å²) in [6.07, 6.45) is 1.66. The smallest absolute Gasteiger partial charge is 0.134 e. The molecule has 0 saturated heterocycles. The lowest BCUT2D eigenvalue weighted by Crippen LogP contribution is -2.34. The van der Waals surface area contributed by atoms with Crippen LogP contribution in [0.3, 0.4) is 0 Å². The molecular weight excluding hydrogens is 358 g/mol. The minimum absolute atomic E-state index is 0.413. The van der Waals surface area contributed by atoms with Crippen molar-refractivity contribution in [3.05, 3.63) is 59.0 Å². The third kappa shape index (κ3) is 3.66. The molecule has 0 aliphatic carbocycles. The minimum Gasteiger partial charge on any atom is -0.497 e. The van der Waals surface area contributed by atoms with Gasteiger partial charge in [-0.15, -0.1) is 11.3 Å². The summed E-state index contributed by atoms with van der Waals surface area (Å²) >= 11 is 1.77. The van der Waals surface area contributed by atoms with E-state index in [1.165, 1.54) is 15.0 Å². The van der Waals surface area contributed by atoms with Crippen LogP contribution in [0.5, 0.6) is 11.5 Å². The van der Waals surface area contributed by atoms with Gasteiger partial charge in [0.25, 0.3) is 0 Å². The molecule has 1 aliphatic heterocycles. The molecule has 4 nitrogen and oxygen atoms in total. The molecule has 1 atom stereocenters. The number of aryl methyl sites for hydroxylation is 1. The number of methoxy groups -OCH3 is 1. The third-order valence-electron chi connectivity index (χ3n) is 4.64. The van der Waals surface area contributed by atoms with E-state index in [1.807, 2.05) is 24.3 Å². The predicted molar refractivity (Wildman–Crippen MR) is 112 cm³/mol. The summed E-state index contributed by atoms with van der Waals surface area (Å²) < 4.78 is 12.9. The Morgan fingerprint density at radius 1 is 1.15 bits per heavy atom. The van der Waals surface area contributed by atoms with Crippen molar-refractivity contribution in [1.82, 2.24) is 0 Å². The highest BCUT2D eigenvalue weighted by Gasteiger charge is 2.22. The molecule has 1 unspecified atom stereocenters. The Balaban J connectivity index is 1.67. The van der Waals surface area contributed by atoms with Gasteiger partial charge in [-0.05, 0) is 61.7 Å². The topological polar surface area (TPSA) is 41.9 Å². The highest BCUT2D eigenvalue weighted by atomic mass is 32.1. The van der Waals surface area contributed by atoms with Crippen molar-refractivity contribution in [2.75, 3.05) is 25.1 Å². The Kier molecular flexibility index (Phi) is 4.81. The van der Waals surface area contributed by atoms with Crippen molar-refractivity contribution in [3.63, 3.8) is 0 Å². The number of hydrogen-bond donors (Lipinski definition) is 1. The summed E-state index contributed by atoms with van der Waals surface area (Å²) in [4.78, 5) is 3.44. The van der Waals surface area contributed by atoms with E-state index in [2.05, 4.69) is 36.1 Å². The Morgan fingerprint density at radius 2 is 1.96 bits per heavy atom. The summed E-state index contributed by atoms with van der Waals surface area (Å²) in [5, 5.41) is 11.1. The summed E-state index contributed by atoms with van der Waals surface area (Å²) in [7, 11) is 1.66. The average Bonchev–Trinajstić information content (AvgIpc) is 3.02. The van der Waals surface area contributed by atoms with Crippen LogP contribution in [0.1, 0.15) is 17.4 Å². The second kappa shape index (κ2) is 7.25. The number of nitrogens with zero attached hydrogens (tertiary/aromatic N) is 1. The lowest BCUT2D eigenvalue weighted by Gasteiger charge is -2.31. The first-order chi connectivity index (χ1) is 13.0. The van der Waals surface area contributed by atoms with Crippen LogP contribution in [0, 0.1) is 6.92 Å². The molecular formula is C22H23NO3S. The van der Waals surface area contributed by atoms with Crippen LogP contribution in [0.4, 0.5) is 5.69 Å². The second-order valence-electron chi connectivity index (χ2n) is 6.86. The average molecular weight is 381 g/mol. The fourth-order valence-corrected chi connectivity index (χ4v) is 4.39. The number of aliphatic hydroxyl groups excluding tert-OH is 1. The molecule has 4 rings (SSSR count). The van der Waals surface area contributed by atoms with Gasteiger partial charge in [-0.25, -0.2) is 0 Å². The van der Waals surface area contributed by atoms with E-state index in [-0.39, 0.29) is 0 Å². The number of β-amino-alcohol motifs (C(OH)–C–C–N with tert-alkyl or cyclic N) is 1. The molecule has 27 heavy (non-hydrogen) atoms. The first-order valence-corrected chi connectivity index (χ1v) is 9.85. The number of benzene rings is 2. The van der Waals surface area contributed by atoms with Crippen molar-refractivity contribution in [1.29, 1.82) is 0 Å². The maximum atomic E-state index is 9.84.